The molecule has 0 bridgehead atoms. The number of aliphatic hydroxyl groups is 2. The van der Waals surface area contributed by atoms with Crippen molar-refractivity contribution in [2.24, 2.45) is 5.73 Å². The Morgan fingerprint density at radius 1 is 1.22 bits per heavy atom. The van der Waals surface area contributed by atoms with Crippen LogP contribution in [0.5, 0.6) is 0 Å². The minimum atomic E-state index is -0.972. The van der Waals surface area contributed by atoms with Crippen LogP contribution in [0.1, 0.15) is 18.9 Å². The highest BCUT2D eigenvalue weighted by atomic mass is 35.5. The molecule has 3 unspecified atom stereocenters. The van der Waals surface area contributed by atoms with Crippen molar-refractivity contribution in [3.63, 3.8) is 0 Å². The lowest BCUT2D eigenvalue weighted by molar-refractivity contribution is -0.111. The van der Waals surface area contributed by atoms with E-state index in [4.69, 9.17) is 22.1 Å². The number of rotatable bonds is 11. The zero-order chi connectivity index (χ0) is 25.8. The number of nitrogens with two attached hydrogens (primary N) is 1. The zero-order valence-electron chi connectivity index (χ0n) is 21.8. The summed E-state index contributed by atoms with van der Waals surface area (Å²) in [7, 11) is 4.07. The van der Waals surface area contributed by atoms with Gasteiger partial charge in [-0.2, -0.15) is 0 Å². The van der Waals surface area contributed by atoms with E-state index in [2.05, 4.69) is 56.3 Å². The molecular formula is C25H44ClN7O3. The Labute approximate surface area is 220 Å². The van der Waals surface area contributed by atoms with E-state index >= 15 is 0 Å². The van der Waals surface area contributed by atoms with Crippen LogP contribution in [0, 0.1) is 0 Å². The fraction of sp³-hybridized carbons (Fsp3) is 0.760. The number of hydrogen-bond donors (Lipinski definition) is 5. The number of hydrogen-bond acceptors (Lipinski definition) is 10. The SMILES string of the molecule is CCCN1CNC2C(C1N)N(C)CN2[C@@H]1O[C@H](CN(C)CCNCCc2ccc(Cl)cc2)[C@@H](O)[C@H]1O. The number of nitrogens with one attached hydrogen (secondary N) is 2. The number of nitrogens with zero attached hydrogens (tertiary/aromatic N) is 4. The van der Waals surface area contributed by atoms with Crippen molar-refractivity contribution in [2.75, 3.05) is 60.2 Å². The Hall–Kier alpha value is -0.890. The first-order valence-electron chi connectivity index (χ1n) is 13.1. The van der Waals surface area contributed by atoms with Crippen LogP contribution in [-0.2, 0) is 11.2 Å². The van der Waals surface area contributed by atoms with Gasteiger partial charge in [0.1, 0.15) is 24.5 Å². The van der Waals surface area contributed by atoms with E-state index in [9.17, 15) is 10.2 Å². The van der Waals surface area contributed by atoms with Gasteiger partial charge in [0.25, 0.3) is 0 Å². The number of aliphatic hydroxyl groups excluding tert-OH is 2. The van der Waals surface area contributed by atoms with Gasteiger partial charge in [-0.15, -0.1) is 0 Å². The lowest BCUT2D eigenvalue weighted by Gasteiger charge is -2.45. The molecule has 3 fully saturated rings. The average molecular weight is 526 g/mol. The van der Waals surface area contributed by atoms with Crippen LogP contribution in [0.15, 0.2) is 24.3 Å². The van der Waals surface area contributed by atoms with Gasteiger partial charge in [0.05, 0.1) is 31.7 Å². The van der Waals surface area contributed by atoms with Crippen LogP contribution < -0.4 is 16.4 Å². The van der Waals surface area contributed by atoms with Crippen molar-refractivity contribution in [3.05, 3.63) is 34.9 Å². The lowest BCUT2D eigenvalue weighted by atomic mass is 10.1. The van der Waals surface area contributed by atoms with Crippen molar-refractivity contribution in [2.45, 2.75) is 62.7 Å². The smallest absolute Gasteiger partial charge is 0.142 e. The Balaban J connectivity index is 1.23. The Kier molecular flexibility index (Phi) is 9.98. The maximum absolute atomic E-state index is 10.9. The van der Waals surface area contributed by atoms with Crippen LogP contribution in [0.4, 0.5) is 0 Å². The largest absolute Gasteiger partial charge is 0.387 e. The number of ether oxygens (including phenoxy) is 1. The molecule has 11 heteroatoms. The summed E-state index contributed by atoms with van der Waals surface area (Å²) in [6.07, 6.45) is -1.08. The Morgan fingerprint density at radius 2 is 1.97 bits per heavy atom. The van der Waals surface area contributed by atoms with E-state index < -0.39 is 24.5 Å². The zero-order valence-corrected chi connectivity index (χ0v) is 22.5. The van der Waals surface area contributed by atoms with E-state index in [0.29, 0.717) is 19.9 Å². The molecule has 3 aliphatic rings. The van der Waals surface area contributed by atoms with E-state index in [0.717, 1.165) is 44.0 Å². The fourth-order valence-electron chi connectivity index (χ4n) is 5.68. The van der Waals surface area contributed by atoms with Crippen LogP contribution in [0.25, 0.3) is 0 Å². The minimum absolute atomic E-state index is 0.0359. The molecule has 0 radical (unpaired) electrons. The maximum atomic E-state index is 10.9. The molecule has 0 spiro atoms. The Morgan fingerprint density at radius 3 is 2.69 bits per heavy atom. The van der Waals surface area contributed by atoms with Gasteiger partial charge in [0.2, 0.25) is 0 Å². The molecule has 3 heterocycles. The second-order valence-electron chi connectivity index (χ2n) is 10.4. The summed E-state index contributed by atoms with van der Waals surface area (Å²) in [5.74, 6) is 0. The summed E-state index contributed by atoms with van der Waals surface area (Å²) in [5.41, 5.74) is 7.86. The first kappa shape index (κ1) is 28.1. The van der Waals surface area contributed by atoms with E-state index in [1.807, 2.05) is 19.2 Å². The van der Waals surface area contributed by atoms with Gasteiger partial charge in [-0.25, -0.2) is 4.90 Å². The first-order valence-corrected chi connectivity index (χ1v) is 13.5. The van der Waals surface area contributed by atoms with Gasteiger partial charge in [0, 0.05) is 31.2 Å². The average Bonchev–Trinajstić information content (AvgIpc) is 3.33. The molecular weight excluding hydrogens is 482 g/mol. The molecule has 204 valence electrons. The van der Waals surface area contributed by atoms with Gasteiger partial charge in [-0.05, 0) is 51.2 Å². The van der Waals surface area contributed by atoms with Crippen LogP contribution >= 0.6 is 11.6 Å². The predicted octanol–water partition coefficient (Wildman–Crippen LogP) is -0.692. The van der Waals surface area contributed by atoms with E-state index in [1.165, 1.54) is 5.56 Å². The molecule has 6 N–H and O–H groups in total. The molecule has 7 atom stereocenters. The molecule has 1 aromatic rings. The second-order valence-corrected chi connectivity index (χ2v) is 10.9. The highest BCUT2D eigenvalue weighted by Gasteiger charge is 2.54. The van der Waals surface area contributed by atoms with Gasteiger partial charge in [-0.3, -0.25) is 15.1 Å². The number of fused-ring (bicyclic) bond motifs is 1. The number of benzene rings is 1. The normalized spacial score (nSPS) is 34.1. The molecule has 0 aromatic heterocycles. The molecule has 0 saturated carbocycles. The summed E-state index contributed by atoms with van der Waals surface area (Å²) in [6.45, 7) is 7.48. The van der Waals surface area contributed by atoms with Crippen molar-refractivity contribution in [1.29, 1.82) is 0 Å². The summed E-state index contributed by atoms with van der Waals surface area (Å²) < 4.78 is 6.27. The molecule has 0 aliphatic carbocycles. The van der Waals surface area contributed by atoms with E-state index in [1.54, 1.807) is 0 Å². The topological polar surface area (TPSA) is 113 Å². The van der Waals surface area contributed by atoms with Gasteiger partial charge in [0.15, 0.2) is 0 Å². The molecule has 36 heavy (non-hydrogen) atoms. The number of likely N-dealkylation sites (N-methyl/N-ethyl adjacent to an activating group) is 2. The van der Waals surface area contributed by atoms with Crippen molar-refractivity contribution >= 4 is 11.6 Å². The van der Waals surface area contributed by atoms with Crippen LogP contribution in [0.3, 0.4) is 0 Å². The lowest BCUT2D eigenvalue weighted by Crippen LogP contribution is -2.69. The van der Waals surface area contributed by atoms with Crippen molar-refractivity contribution in [1.82, 2.24) is 30.2 Å². The van der Waals surface area contributed by atoms with Crippen LogP contribution in [0.2, 0.25) is 5.02 Å². The van der Waals surface area contributed by atoms with Gasteiger partial charge < -0.3 is 30.9 Å². The molecule has 10 nitrogen and oxygen atoms in total. The molecule has 3 aliphatic heterocycles. The summed E-state index contributed by atoms with van der Waals surface area (Å²) in [6, 6.07) is 8.02. The monoisotopic (exact) mass is 525 g/mol. The number of halogens is 1. The third kappa shape index (κ3) is 6.39. The van der Waals surface area contributed by atoms with Crippen LogP contribution in [-0.4, -0.2) is 133 Å². The summed E-state index contributed by atoms with van der Waals surface area (Å²) in [4.78, 5) is 8.71. The fourth-order valence-corrected chi connectivity index (χ4v) is 5.81. The van der Waals surface area contributed by atoms with Crippen molar-refractivity contribution < 1.29 is 14.9 Å². The molecule has 4 rings (SSSR count). The highest BCUT2D eigenvalue weighted by molar-refractivity contribution is 6.30. The predicted molar refractivity (Wildman–Crippen MR) is 141 cm³/mol. The Bertz CT molecular complexity index is 821. The summed E-state index contributed by atoms with van der Waals surface area (Å²) in [5, 5.41) is 29.5. The third-order valence-corrected chi connectivity index (χ3v) is 7.94. The highest BCUT2D eigenvalue weighted by Crippen LogP contribution is 2.32. The second kappa shape index (κ2) is 12.8. The molecule has 0 amide bonds. The third-order valence-electron chi connectivity index (χ3n) is 7.69. The quantitative estimate of drug-likeness (QED) is 0.238. The maximum Gasteiger partial charge on any atom is 0.142 e. The van der Waals surface area contributed by atoms with Crippen molar-refractivity contribution in [3.8, 4) is 0 Å². The molecule has 1 aromatic carbocycles. The standard InChI is InChI=1S/C25H44ClN7O3/c1-4-12-32-15-29-24-20(23(32)27)31(3)16-33(24)25-22(35)21(34)19(36-25)14-30(2)13-11-28-10-9-17-5-7-18(26)8-6-17/h5-8,19-25,28-29,34-35H,4,9-16,27H2,1-3H3/t19-,20?,21-,22-,23?,24?,25-/m1/s1. The minimum Gasteiger partial charge on any atom is -0.387 e. The summed E-state index contributed by atoms with van der Waals surface area (Å²) >= 11 is 5.94. The van der Waals surface area contributed by atoms with E-state index in [-0.39, 0.29) is 18.4 Å². The molecule has 3 saturated heterocycles. The first-order chi connectivity index (χ1) is 17.3. The van der Waals surface area contributed by atoms with Gasteiger partial charge >= 0.3 is 0 Å². The van der Waals surface area contributed by atoms with Gasteiger partial charge in [-0.1, -0.05) is 30.7 Å².